The highest BCUT2D eigenvalue weighted by atomic mass is 32.1. The minimum atomic E-state index is 0.377. The van der Waals surface area contributed by atoms with Gasteiger partial charge in [0.2, 0.25) is 0 Å². The summed E-state index contributed by atoms with van der Waals surface area (Å²) in [5, 5.41) is 8.37. The number of benzene rings is 1. The lowest BCUT2D eigenvalue weighted by Crippen LogP contribution is -2.10. The number of nitrogens with zero attached hydrogens (tertiary/aromatic N) is 1. The number of hydrogen-bond donors (Lipinski definition) is 1. The van der Waals surface area contributed by atoms with Gasteiger partial charge in [-0.15, -0.1) is 0 Å². The van der Waals surface area contributed by atoms with Gasteiger partial charge in [0.15, 0.2) is 0 Å². The van der Waals surface area contributed by atoms with Crippen molar-refractivity contribution in [3.63, 3.8) is 0 Å². The Morgan fingerprint density at radius 1 is 1.50 bits per heavy atom. The molecule has 1 aromatic carbocycles. The summed E-state index contributed by atoms with van der Waals surface area (Å²) in [4.78, 5) is 0.377. The SMILES string of the molecule is N#CCC=Cc1ccccc1C(N)=S. The molecule has 0 amide bonds. The summed E-state index contributed by atoms with van der Waals surface area (Å²) in [5.41, 5.74) is 7.35. The molecule has 0 radical (unpaired) electrons. The van der Waals surface area contributed by atoms with E-state index in [0.29, 0.717) is 11.4 Å². The molecule has 0 heterocycles. The first-order valence-corrected chi connectivity index (χ1v) is 4.59. The fraction of sp³-hybridized carbons (Fsp3) is 0.0909. The van der Waals surface area contributed by atoms with Gasteiger partial charge >= 0.3 is 0 Å². The van der Waals surface area contributed by atoms with E-state index in [4.69, 9.17) is 23.2 Å². The third kappa shape index (κ3) is 2.68. The Morgan fingerprint density at radius 3 is 2.86 bits per heavy atom. The van der Waals surface area contributed by atoms with Crippen molar-refractivity contribution in [2.24, 2.45) is 5.73 Å². The summed E-state index contributed by atoms with van der Waals surface area (Å²) in [6.45, 7) is 0. The molecule has 0 unspecified atom stereocenters. The molecule has 0 fully saturated rings. The van der Waals surface area contributed by atoms with Crippen molar-refractivity contribution in [1.82, 2.24) is 0 Å². The lowest BCUT2D eigenvalue weighted by molar-refractivity contribution is 1.36. The quantitative estimate of drug-likeness (QED) is 0.765. The zero-order valence-corrected chi connectivity index (χ0v) is 8.42. The first kappa shape index (κ1) is 10.4. The molecular weight excluding hydrogens is 192 g/mol. The molecule has 0 aliphatic heterocycles. The van der Waals surface area contributed by atoms with Crippen molar-refractivity contribution in [1.29, 1.82) is 5.26 Å². The van der Waals surface area contributed by atoms with Gasteiger partial charge in [-0.3, -0.25) is 0 Å². The second-order valence-electron chi connectivity index (χ2n) is 2.72. The van der Waals surface area contributed by atoms with E-state index in [9.17, 15) is 0 Å². The number of nitrogens with two attached hydrogens (primary N) is 1. The van der Waals surface area contributed by atoms with Crippen LogP contribution in [0.25, 0.3) is 6.08 Å². The van der Waals surface area contributed by atoms with Gasteiger partial charge in [-0.2, -0.15) is 5.26 Å². The van der Waals surface area contributed by atoms with Crippen LogP contribution in [0, 0.1) is 11.3 Å². The zero-order chi connectivity index (χ0) is 10.4. The van der Waals surface area contributed by atoms with Gasteiger partial charge in [-0.1, -0.05) is 48.6 Å². The molecule has 1 aromatic rings. The number of thiocarbonyl (C=S) groups is 1. The monoisotopic (exact) mass is 202 g/mol. The van der Waals surface area contributed by atoms with E-state index in [1.54, 1.807) is 6.08 Å². The average molecular weight is 202 g/mol. The first-order chi connectivity index (χ1) is 6.75. The van der Waals surface area contributed by atoms with Crippen LogP contribution < -0.4 is 5.73 Å². The second kappa shape index (κ2) is 5.15. The lowest BCUT2D eigenvalue weighted by atomic mass is 10.1. The number of nitriles is 1. The number of allylic oxidation sites excluding steroid dienone is 1. The molecule has 1 rings (SSSR count). The molecule has 0 atom stereocenters. The van der Waals surface area contributed by atoms with E-state index in [1.807, 2.05) is 36.4 Å². The zero-order valence-electron chi connectivity index (χ0n) is 7.60. The second-order valence-corrected chi connectivity index (χ2v) is 3.16. The van der Waals surface area contributed by atoms with Crippen molar-refractivity contribution in [2.75, 3.05) is 0 Å². The summed E-state index contributed by atoms with van der Waals surface area (Å²) in [6, 6.07) is 9.62. The van der Waals surface area contributed by atoms with Gasteiger partial charge < -0.3 is 5.73 Å². The number of rotatable bonds is 3. The molecule has 2 N–H and O–H groups in total. The Labute approximate surface area is 88.7 Å². The predicted octanol–water partition coefficient (Wildman–Crippen LogP) is 2.25. The molecule has 0 aliphatic carbocycles. The van der Waals surface area contributed by atoms with Crippen molar-refractivity contribution in [3.05, 3.63) is 41.5 Å². The van der Waals surface area contributed by atoms with Crippen molar-refractivity contribution < 1.29 is 0 Å². The topological polar surface area (TPSA) is 49.8 Å². The Morgan fingerprint density at radius 2 is 2.21 bits per heavy atom. The maximum Gasteiger partial charge on any atom is 0.104 e. The Bertz CT molecular complexity index is 402. The molecule has 0 saturated heterocycles. The lowest BCUT2D eigenvalue weighted by Gasteiger charge is -2.02. The first-order valence-electron chi connectivity index (χ1n) is 4.18. The van der Waals surface area contributed by atoms with Gasteiger partial charge in [0.25, 0.3) is 0 Å². The van der Waals surface area contributed by atoms with E-state index in [2.05, 4.69) is 0 Å². The summed E-state index contributed by atoms with van der Waals surface area (Å²) >= 11 is 4.91. The van der Waals surface area contributed by atoms with Crippen LogP contribution in [0.4, 0.5) is 0 Å². The molecular formula is C11H10N2S. The van der Waals surface area contributed by atoms with E-state index >= 15 is 0 Å². The average Bonchev–Trinajstić information content (AvgIpc) is 2.19. The van der Waals surface area contributed by atoms with Gasteiger partial charge in [0, 0.05) is 5.56 Å². The molecule has 3 heteroatoms. The minimum absolute atomic E-state index is 0.377. The van der Waals surface area contributed by atoms with Crippen LogP contribution in [-0.2, 0) is 0 Å². The fourth-order valence-corrected chi connectivity index (χ4v) is 1.29. The Kier molecular flexibility index (Phi) is 3.84. The van der Waals surface area contributed by atoms with Crippen LogP contribution in [0.2, 0.25) is 0 Å². The summed E-state index contributed by atoms with van der Waals surface area (Å²) in [7, 11) is 0. The maximum absolute atomic E-state index is 8.37. The highest BCUT2D eigenvalue weighted by Gasteiger charge is 1.99. The third-order valence-electron chi connectivity index (χ3n) is 1.73. The van der Waals surface area contributed by atoms with Gasteiger partial charge in [-0.05, 0) is 5.56 Å². The Balaban J connectivity index is 2.97. The van der Waals surface area contributed by atoms with Crippen molar-refractivity contribution in [2.45, 2.75) is 6.42 Å². The molecule has 0 spiro atoms. The van der Waals surface area contributed by atoms with Crippen LogP contribution in [0.5, 0.6) is 0 Å². The normalized spacial score (nSPS) is 9.93. The molecule has 0 aliphatic rings. The van der Waals surface area contributed by atoms with Crippen molar-refractivity contribution >= 4 is 23.3 Å². The Hall–Kier alpha value is -1.66. The summed E-state index contributed by atoms with van der Waals surface area (Å²) in [5.74, 6) is 0. The standard InChI is InChI=1S/C11H10N2S/c12-8-4-3-6-9-5-1-2-7-10(9)11(13)14/h1-3,5-7H,4H2,(H2,13,14). The van der Waals surface area contributed by atoms with E-state index in [1.165, 1.54) is 0 Å². The smallest absolute Gasteiger partial charge is 0.104 e. The van der Waals surface area contributed by atoms with E-state index in [0.717, 1.165) is 11.1 Å². The molecule has 0 aromatic heterocycles. The van der Waals surface area contributed by atoms with Gasteiger partial charge in [0.05, 0.1) is 12.5 Å². The highest BCUT2D eigenvalue weighted by molar-refractivity contribution is 7.80. The molecule has 14 heavy (non-hydrogen) atoms. The van der Waals surface area contributed by atoms with Crippen LogP contribution in [0.15, 0.2) is 30.3 Å². The largest absolute Gasteiger partial charge is 0.389 e. The summed E-state index contributed by atoms with van der Waals surface area (Å²) in [6.07, 6.45) is 4.04. The summed E-state index contributed by atoms with van der Waals surface area (Å²) < 4.78 is 0. The van der Waals surface area contributed by atoms with Crippen LogP contribution in [-0.4, -0.2) is 4.99 Å². The maximum atomic E-state index is 8.37. The molecule has 0 saturated carbocycles. The van der Waals surface area contributed by atoms with Crippen molar-refractivity contribution in [3.8, 4) is 6.07 Å². The molecule has 2 nitrogen and oxygen atoms in total. The van der Waals surface area contributed by atoms with E-state index < -0.39 is 0 Å². The number of hydrogen-bond acceptors (Lipinski definition) is 2. The van der Waals surface area contributed by atoms with Crippen LogP contribution in [0.3, 0.4) is 0 Å². The minimum Gasteiger partial charge on any atom is -0.389 e. The van der Waals surface area contributed by atoms with Gasteiger partial charge in [-0.25, -0.2) is 0 Å². The predicted molar refractivity (Wildman–Crippen MR) is 61.6 cm³/mol. The van der Waals surface area contributed by atoms with Crippen LogP contribution in [0.1, 0.15) is 17.5 Å². The molecule has 70 valence electrons. The van der Waals surface area contributed by atoms with Gasteiger partial charge in [0.1, 0.15) is 4.99 Å². The third-order valence-corrected chi connectivity index (χ3v) is 1.95. The highest BCUT2D eigenvalue weighted by Crippen LogP contribution is 2.10. The molecule has 0 bridgehead atoms. The fourth-order valence-electron chi connectivity index (χ4n) is 1.11. The van der Waals surface area contributed by atoms with Crippen LogP contribution >= 0.6 is 12.2 Å². The van der Waals surface area contributed by atoms with E-state index in [-0.39, 0.29) is 0 Å².